The van der Waals surface area contributed by atoms with Crippen molar-refractivity contribution in [3.8, 4) is 17.9 Å². The fourth-order valence-electron chi connectivity index (χ4n) is 2.65. The fourth-order valence-corrected chi connectivity index (χ4v) is 3.03. The highest BCUT2D eigenvalue weighted by molar-refractivity contribution is 9.10. The van der Waals surface area contributed by atoms with Crippen molar-refractivity contribution in [1.82, 2.24) is 5.43 Å². The van der Waals surface area contributed by atoms with E-state index in [0.29, 0.717) is 16.9 Å². The van der Waals surface area contributed by atoms with E-state index >= 15 is 0 Å². The molecule has 0 bridgehead atoms. The second-order valence-electron chi connectivity index (χ2n) is 6.25. The Hall–Kier alpha value is -4.01. The number of nitriles is 2. The number of hydrogen-bond acceptors (Lipinski definition) is 5. The number of hydrazone groups is 1. The van der Waals surface area contributed by atoms with Crippen molar-refractivity contribution in [3.05, 3.63) is 98.8 Å². The number of benzene rings is 3. The van der Waals surface area contributed by atoms with Gasteiger partial charge in [-0.2, -0.15) is 15.6 Å². The van der Waals surface area contributed by atoms with Gasteiger partial charge in [0.2, 0.25) is 0 Å². The summed E-state index contributed by atoms with van der Waals surface area (Å²) in [5.74, 6) is -1.08. The van der Waals surface area contributed by atoms with Crippen molar-refractivity contribution in [3.63, 3.8) is 0 Å². The molecule has 1 amide bonds. The van der Waals surface area contributed by atoms with Gasteiger partial charge in [-0.15, -0.1) is 0 Å². The Kier molecular flexibility index (Phi) is 7.10. The highest BCUT2D eigenvalue weighted by atomic mass is 79.9. The number of carbonyl (C=O) groups excluding carboxylic acids is 1. The quantitative estimate of drug-likeness (QED) is 0.412. The van der Waals surface area contributed by atoms with Gasteiger partial charge in [0.25, 0.3) is 5.91 Å². The van der Waals surface area contributed by atoms with Crippen LogP contribution in [0.3, 0.4) is 0 Å². The van der Waals surface area contributed by atoms with Crippen molar-refractivity contribution >= 4 is 28.1 Å². The summed E-state index contributed by atoms with van der Waals surface area (Å²) >= 11 is 3.37. The molecule has 0 saturated heterocycles. The van der Waals surface area contributed by atoms with Gasteiger partial charge in [-0.1, -0.05) is 34.1 Å². The van der Waals surface area contributed by atoms with Gasteiger partial charge in [0, 0.05) is 15.6 Å². The van der Waals surface area contributed by atoms with Crippen molar-refractivity contribution in [2.45, 2.75) is 6.61 Å². The lowest BCUT2D eigenvalue weighted by atomic mass is 10.1. The monoisotopic (exact) mass is 476 g/mol. The highest BCUT2D eigenvalue weighted by Crippen LogP contribution is 2.23. The predicted molar refractivity (Wildman–Crippen MR) is 116 cm³/mol. The molecule has 0 unspecified atom stereocenters. The van der Waals surface area contributed by atoms with Crippen LogP contribution in [-0.4, -0.2) is 12.1 Å². The minimum Gasteiger partial charge on any atom is -0.488 e. The molecule has 0 aliphatic heterocycles. The number of rotatable bonds is 6. The first-order valence-corrected chi connectivity index (χ1v) is 9.74. The van der Waals surface area contributed by atoms with E-state index in [4.69, 9.17) is 10.00 Å². The molecule has 0 spiro atoms. The summed E-state index contributed by atoms with van der Waals surface area (Å²) in [5.41, 5.74) is 3.96. The number of nitrogens with one attached hydrogen (secondary N) is 1. The summed E-state index contributed by atoms with van der Waals surface area (Å²) in [6.45, 7) is 0.176. The van der Waals surface area contributed by atoms with Crippen LogP contribution >= 0.6 is 15.9 Å². The minimum atomic E-state index is -0.811. The zero-order valence-electron chi connectivity index (χ0n) is 16.0. The summed E-state index contributed by atoms with van der Waals surface area (Å²) < 4.78 is 20.6. The zero-order valence-corrected chi connectivity index (χ0v) is 17.6. The van der Waals surface area contributed by atoms with Crippen LogP contribution in [0.2, 0.25) is 0 Å². The summed E-state index contributed by atoms with van der Waals surface area (Å²) in [6.07, 6.45) is 1.37. The lowest BCUT2D eigenvalue weighted by Crippen LogP contribution is -2.19. The number of ether oxygens (including phenoxy) is 1. The average Bonchev–Trinajstić information content (AvgIpc) is 2.78. The van der Waals surface area contributed by atoms with Crippen LogP contribution in [0, 0.1) is 28.5 Å². The summed E-state index contributed by atoms with van der Waals surface area (Å²) in [5, 5.41) is 21.9. The molecule has 1 N–H and O–H groups in total. The minimum absolute atomic E-state index is 0.117. The zero-order chi connectivity index (χ0) is 22.2. The Morgan fingerprint density at radius 1 is 1.13 bits per heavy atom. The normalized spacial score (nSPS) is 10.3. The Bertz CT molecular complexity index is 1250. The van der Waals surface area contributed by atoms with Crippen LogP contribution in [0.15, 0.2) is 70.2 Å². The number of amides is 1. The number of carbonyl (C=O) groups is 1. The lowest BCUT2D eigenvalue weighted by molar-refractivity contribution is 0.0951. The molecule has 0 atom stereocenters. The molecule has 3 rings (SSSR count). The van der Waals surface area contributed by atoms with Crippen LogP contribution < -0.4 is 10.2 Å². The molecular weight excluding hydrogens is 463 g/mol. The predicted octanol–water partition coefficient (Wildman–Crippen LogP) is 4.67. The molecule has 3 aromatic rings. The largest absolute Gasteiger partial charge is 0.488 e. The van der Waals surface area contributed by atoms with Gasteiger partial charge in [-0.05, 0) is 42.5 Å². The maximum absolute atomic E-state index is 14.0. The third kappa shape index (κ3) is 5.53. The molecule has 0 fully saturated rings. The third-order valence-electron chi connectivity index (χ3n) is 4.21. The van der Waals surface area contributed by atoms with E-state index < -0.39 is 11.7 Å². The Morgan fingerprint density at radius 3 is 2.68 bits per heavy atom. The van der Waals surface area contributed by atoms with Crippen LogP contribution in [0.25, 0.3) is 0 Å². The standard InChI is InChI=1S/C23H14BrFN4O2/c24-19-6-8-22(31-14-17-4-2-1-3-16(17)12-27)18(10-19)13-28-29-23(30)20-7-5-15(11-26)9-21(20)25/h1-10,13H,14H2,(H,29,30)/b28-13-. The summed E-state index contributed by atoms with van der Waals surface area (Å²) in [7, 11) is 0. The first-order chi connectivity index (χ1) is 15.0. The van der Waals surface area contributed by atoms with E-state index in [0.717, 1.165) is 16.1 Å². The summed E-state index contributed by atoms with van der Waals surface area (Å²) in [4.78, 5) is 12.2. The molecule has 0 radical (unpaired) electrons. The second-order valence-corrected chi connectivity index (χ2v) is 7.16. The Balaban J connectivity index is 1.73. The maximum atomic E-state index is 14.0. The van der Waals surface area contributed by atoms with Crippen molar-refractivity contribution in [1.29, 1.82) is 10.5 Å². The topological polar surface area (TPSA) is 98.3 Å². The molecule has 3 aromatic carbocycles. The van der Waals surface area contributed by atoms with E-state index in [1.807, 2.05) is 6.07 Å². The van der Waals surface area contributed by atoms with Crippen molar-refractivity contribution in [2.24, 2.45) is 5.10 Å². The molecular formula is C23H14BrFN4O2. The highest BCUT2D eigenvalue weighted by Gasteiger charge is 2.12. The molecule has 6 nitrogen and oxygen atoms in total. The molecule has 0 aliphatic rings. The molecule has 31 heavy (non-hydrogen) atoms. The number of halogens is 2. The van der Waals surface area contributed by atoms with Gasteiger partial charge >= 0.3 is 0 Å². The van der Waals surface area contributed by atoms with Gasteiger partial charge < -0.3 is 4.74 Å². The number of hydrogen-bond donors (Lipinski definition) is 1. The lowest BCUT2D eigenvalue weighted by Gasteiger charge is -2.10. The SMILES string of the molecule is N#Cc1ccc(C(=O)N/N=C\c2cc(Br)ccc2OCc2ccccc2C#N)c(F)c1. The summed E-state index contributed by atoms with van der Waals surface area (Å²) in [6, 6.07) is 19.8. The van der Waals surface area contributed by atoms with Crippen LogP contribution in [0.4, 0.5) is 4.39 Å². The van der Waals surface area contributed by atoms with Crippen LogP contribution in [0.5, 0.6) is 5.75 Å². The van der Waals surface area contributed by atoms with E-state index in [9.17, 15) is 14.4 Å². The van der Waals surface area contributed by atoms with Gasteiger partial charge in [0.15, 0.2) is 0 Å². The first kappa shape index (κ1) is 21.7. The molecule has 0 aromatic heterocycles. The van der Waals surface area contributed by atoms with Gasteiger partial charge in [-0.3, -0.25) is 4.79 Å². The Labute approximate surface area is 186 Å². The van der Waals surface area contributed by atoms with Crippen molar-refractivity contribution in [2.75, 3.05) is 0 Å². The van der Waals surface area contributed by atoms with E-state index in [2.05, 4.69) is 32.5 Å². The first-order valence-electron chi connectivity index (χ1n) is 8.95. The van der Waals surface area contributed by atoms with E-state index in [1.165, 1.54) is 18.3 Å². The van der Waals surface area contributed by atoms with Gasteiger partial charge in [0.1, 0.15) is 18.2 Å². The average molecular weight is 477 g/mol. The molecule has 8 heteroatoms. The van der Waals surface area contributed by atoms with Gasteiger partial charge in [-0.25, -0.2) is 9.82 Å². The van der Waals surface area contributed by atoms with Gasteiger partial charge in [0.05, 0.1) is 35.0 Å². The smallest absolute Gasteiger partial charge is 0.274 e. The molecule has 152 valence electrons. The second kappa shape index (κ2) is 10.1. The van der Waals surface area contributed by atoms with Crippen molar-refractivity contribution < 1.29 is 13.9 Å². The fraction of sp³-hybridized carbons (Fsp3) is 0.0435. The maximum Gasteiger partial charge on any atom is 0.274 e. The van der Waals surface area contributed by atoms with Crippen LogP contribution in [-0.2, 0) is 6.61 Å². The van der Waals surface area contributed by atoms with E-state index in [-0.39, 0.29) is 17.7 Å². The molecule has 0 heterocycles. The van der Waals surface area contributed by atoms with Crippen LogP contribution in [0.1, 0.15) is 32.6 Å². The number of nitrogens with zero attached hydrogens (tertiary/aromatic N) is 3. The molecule has 0 aliphatic carbocycles. The third-order valence-corrected chi connectivity index (χ3v) is 4.70. The Morgan fingerprint density at radius 2 is 1.94 bits per heavy atom. The molecule has 0 saturated carbocycles. The van der Waals surface area contributed by atoms with E-state index in [1.54, 1.807) is 42.5 Å².